The molecule has 2 amide bonds. The van der Waals surface area contributed by atoms with Crippen LogP contribution in [0.2, 0.25) is 0 Å². The topological polar surface area (TPSA) is 87.2 Å². The lowest BCUT2D eigenvalue weighted by atomic mass is 9.82. The first kappa shape index (κ1) is 22.9. The number of likely N-dealkylation sites (tertiary alicyclic amines) is 1. The van der Waals surface area contributed by atoms with E-state index < -0.39 is 28.9 Å². The number of amides is 2. The summed E-state index contributed by atoms with van der Waals surface area (Å²) in [6.07, 6.45) is 2.00. The lowest BCUT2D eigenvalue weighted by Gasteiger charge is -2.34. The van der Waals surface area contributed by atoms with Gasteiger partial charge in [-0.05, 0) is 24.6 Å². The smallest absolute Gasteiger partial charge is 0.296 e. The van der Waals surface area contributed by atoms with Gasteiger partial charge in [0.25, 0.3) is 17.6 Å². The molecule has 2 aromatic carbocycles. The largest absolute Gasteiger partial charge is 0.507 e. The van der Waals surface area contributed by atoms with Gasteiger partial charge in [0.15, 0.2) is 5.54 Å². The Hall–Kier alpha value is -3.23. The highest BCUT2D eigenvalue weighted by atomic mass is 79.9. The van der Waals surface area contributed by atoms with E-state index in [2.05, 4.69) is 22.5 Å². The lowest BCUT2D eigenvalue weighted by molar-refractivity contribution is -0.143. The Morgan fingerprint density at radius 1 is 1.15 bits per heavy atom. The number of ether oxygens (including phenoxy) is 1. The highest BCUT2D eigenvalue weighted by Gasteiger charge is 2.66. The molecular formula is C25H23BrN2O5. The van der Waals surface area contributed by atoms with Crippen molar-refractivity contribution in [3.63, 3.8) is 0 Å². The van der Waals surface area contributed by atoms with Crippen molar-refractivity contribution in [1.82, 2.24) is 4.90 Å². The molecule has 2 aromatic rings. The summed E-state index contributed by atoms with van der Waals surface area (Å²) in [5, 5.41) is 11.3. The summed E-state index contributed by atoms with van der Waals surface area (Å²) < 4.78 is 5.91. The first-order valence-corrected chi connectivity index (χ1v) is 11.3. The van der Waals surface area contributed by atoms with Gasteiger partial charge in [0, 0.05) is 42.4 Å². The third-order valence-electron chi connectivity index (χ3n) is 5.97. The second kappa shape index (κ2) is 8.96. The number of aliphatic hydroxyl groups is 1. The van der Waals surface area contributed by atoms with Crippen molar-refractivity contribution in [2.24, 2.45) is 0 Å². The maximum atomic E-state index is 14.1. The van der Waals surface area contributed by atoms with Crippen molar-refractivity contribution in [2.45, 2.75) is 12.0 Å². The number of halogens is 1. The Labute approximate surface area is 200 Å². The monoisotopic (exact) mass is 510 g/mol. The van der Waals surface area contributed by atoms with Crippen LogP contribution in [-0.4, -0.2) is 54.4 Å². The molecule has 1 spiro atoms. The molecule has 2 aliphatic heterocycles. The molecule has 0 saturated carbocycles. The zero-order valence-corrected chi connectivity index (χ0v) is 19.7. The third kappa shape index (κ3) is 3.41. The standard InChI is InChI=1S/C25H23BrN2O5/c1-3-13-27-19-8-5-4-7-18(19)25(24(27)32)20(21(29)16-9-11-17(26)12-10-16)22(30)23(31)28(25)14-6-15-33-2/h3-5,7-12,29H,1,6,13-15H2,2H3/t25-/m0/s1. The molecule has 1 saturated heterocycles. The van der Waals surface area contributed by atoms with E-state index in [4.69, 9.17) is 4.74 Å². The first-order chi connectivity index (χ1) is 15.9. The van der Waals surface area contributed by atoms with Crippen molar-refractivity contribution in [3.8, 4) is 0 Å². The zero-order chi connectivity index (χ0) is 23.8. The molecule has 0 radical (unpaired) electrons. The maximum Gasteiger partial charge on any atom is 0.296 e. The van der Waals surface area contributed by atoms with E-state index in [0.717, 1.165) is 4.47 Å². The number of hydrogen-bond donors (Lipinski definition) is 1. The molecule has 8 heteroatoms. The van der Waals surface area contributed by atoms with Crippen LogP contribution in [0.25, 0.3) is 5.76 Å². The van der Waals surface area contributed by atoms with Crippen LogP contribution in [0.5, 0.6) is 0 Å². The van der Waals surface area contributed by atoms with Gasteiger partial charge in [0.2, 0.25) is 0 Å². The number of hydrogen-bond acceptors (Lipinski definition) is 5. The number of ketones is 1. The lowest BCUT2D eigenvalue weighted by Crippen LogP contribution is -2.52. The average Bonchev–Trinajstić information content (AvgIpc) is 3.19. The number of Topliss-reactive ketones (excluding diaryl/α,β-unsaturated/α-hetero) is 1. The predicted octanol–water partition coefficient (Wildman–Crippen LogP) is 3.59. The molecule has 4 rings (SSSR count). The van der Waals surface area contributed by atoms with Crippen molar-refractivity contribution in [1.29, 1.82) is 0 Å². The van der Waals surface area contributed by atoms with E-state index in [0.29, 0.717) is 29.8 Å². The predicted molar refractivity (Wildman–Crippen MR) is 128 cm³/mol. The Bertz CT molecular complexity index is 1170. The number of anilines is 1. The Kier molecular flexibility index (Phi) is 6.23. The van der Waals surface area contributed by atoms with Crippen molar-refractivity contribution in [2.75, 3.05) is 31.7 Å². The molecule has 0 unspecified atom stereocenters. The normalized spacial score (nSPS) is 21.2. The zero-order valence-electron chi connectivity index (χ0n) is 18.1. The van der Waals surface area contributed by atoms with E-state index in [1.54, 1.807) is 61.7 Å². The number of para-hydroxylation sites is 1. The van der Waals surface area contributed by atoms with Crippen LogP contribution in [0, 0.1) is 0 Å². The van der Waals surface area contributed by atoms with Gasteiger partial charge >= 0.3 is 0 Å². The number of carbonyl (C=O) groups is 3. The molecule has 0 bridgehead atoms. The molecule has 1 atom stereocenters. The van der Waals surface area contributed by atoms with E-state index in [9.17, 15) is 19.5 Å². The highest BCUT2D eigenvalue weighted by Crippen LogP contribution is 2.53. The van der Waals surface area contributed by atoms with Crippen LogP contribution in [0.4, 0.5) is 5.69 Å². The Balaban J connectivity index is 2.02. The van der Waals surface area contributed by atoms with Crippen LogP contribution in [0.3, 0.4) is 0 Å². The van der Waals surface area contributed by atoms with Gasteiger partial charge in [-0.25, -0.2) is 0 Å². The number of methoxy groups -OCH3 is 1. The van der Waals surface area contributed by atoms with Gasteiger partial charge in [-0.2, -0.15) is 0 Å². The quantitative estimate of drug-likeness (QED) is 0.202. The summed E-state index contributed by atoms with van der Waals surface area (Å²) in [7, 11) is 1.54. The summed E-state index contributed by atoms with van der Waals surface area (Å²) in [4.78, 5) is 43.5. The van der Waals surface area contributed by atoms with Gasteiger partial charge in [-0.3, -0.25) is 14.4 Å². The fraction of sp³-hybridized carbons (Fsp3) is 0.240. The molecule has 2 aliphatic rings. The number of benzene rings is 2. The summed E-state index contributed by atoms with van der Waals surface area (Å²) in [6.45, 7) is 4.39. The fourth-order valence-electron chi connectivity index (χ4n) is 4.60. The van der Waals surface area contributed by atoms with Crippen molar-refractivity contribution < 1.29 is 24.2 Å². The molecule has 0 aromatic heterocycles. The van der Waals surface area contributed by atoms with E-state index in [1.807, 2.05) is 0 Å². The molecule has 1 fully saturated rings. The minimum Gasteiger partial charge on any atom is -0.507 e. The number of fused-ring (bicyclic) bond motifs is 2. The van der Waals surface area contributed by atoms with Gasteiger partial charge in [-0.1, -0.05) is 52.3 Å². The average molecular weight is 511 g/mol. The molecule has 33 heavy (non-hydrogen) atoms. The van der Waals surface area contributed by atoms with Crippen molar-refractivity contribution in [3.05, 3.63) is 82.4 Å². The van der Waals surface area contributed by atoms with Gasteiger partial charge in [-0.15, -0.1) is 6.58 Å². The number of carbonyl (C=O) groups excluding carboxylic acids is 3. The maximum absolute atomic E-state index is 14.1. The van der Waals surface area contributed by atoms with Crippen LogP contribution in [0.1, 0.15) is 17.5 Å². The summed E-state index contributed by atoms with van der Waals surface area (Å²) in [5.41, 5.74) is -0.607. The summed E-state index contributed by atoms with van der Waals surface area (Å²) >= 11 is 3.35. The highest BCUT2D eigenvalue weighted by molar-refractivity contribution is 9.10. The third-order valence-corrected chi connectivity index (χ3v) is 6.50. The number of rotatable bonds is 7. The molecular weight excluding hydrogens is 488 g/mol. The van der Waals surface area contributed by atoms with Crippen molar-refractivity contribution >= 4 is 45.0 Å². The van der Waals surface area contributed by atoms with Gasteiger partial charge in [0.1, 0.15) is 5.76 Å². The molecule has 7 nitrogen and oxygen atoms in total. The Morgan fingerprint density at radius 2 is 1.85 bits per heavy atom. The molecule has 2 heterocycles. The van der Waals surface area contributed by atoms with E-state index in [-0.39, 0.29) is 18.7 Å². The number of nitrogens with zero attached hydrogens (tertiary/aromatic N) is 2. The van der Waals surface area contributed by atoms with Crippen LogP contribution >= 0.6 is 15.9 Å². The van der Waals surface area contributed by atoms with E-state index in [1.165, 1.54) is 9.80 Å². The van der Waals surface area contributed by atoms with Crippen LogP contribution < -0.4 is 4.90 Å². The minimum absolute atomic E-state index is 0.109. The van der Waals surface area contributed by atoms with Crippen LogP contribution in [-0.2, 0) is 24.7 Å². The molecule has 1 N–H and O–H groups in total. The summed E-state index contributed by atoms with van der Waals surface area (Å²) in [5.74, 6) is -2.58. The summed E-state index contributed by atoms with van der Waals surface area (Å²) in [6, 6.07) is 13.7. The first-order valence-electron chi connectivity index (χ1n) is 10.5. The number of aliphatic hydroxyl groups excluding tert-OH is 1. The van der Waals surface area contributed by atoms with Gasteiger partial charge < -0.3 is 19.6 Å². The van der Waals surface area contributed by atoms with E-state index >= 15 is 0 Å². The molecule has 0 aliphatic carbocycles. The van der Waals surface area contributed by atoms with Crippen LogP contribution in [0.15, 0.2) is 71.2 Å². The minimum atomic E-state index is -1.77. The van der Waals surface area contributed by atoms with Gasteiger partial charge in [0.05, 0.1) is 11.3 Å². The molecule has 170 valence electrons. The Morgan fingerprint density at radius 3 is 2.52 bits per heavy atom. The second-order valence-corrected chi connectivity index (χ2v) is 8.71. The fourth-order valence-corrected chi connectivity index (χ4v) is 4.86. The SMILES string of the molecule is C=CCN1C(=O)[C@@]2(C(=C(O)c3ccc(Br)cc3)C(=O)C(=O)N2CCCOC)c2ccccc21. The second-order valence-electron chi connectivity index (χ2n) is 7.79.